The number of hydrogen-bond donors (Lipinski definition) is 0. The molecule has 1 amide bonds. The molecule has 1 fully saturated rings. The minimum atomic E-state index is 0.177. The van der Waals surface area contributed by atoms with Crippen LogP contribution < -0.4 is 9.64 Å². The van der Waals surface area contributed by atoms with Gasteiger partial charge in [-0.1, -0.05) is 18.2 Å². The van der Waals surface area contributed by atoms with E-state index in [0.29, 0.717) is 26.1 Å². The van der Waals surface area contributed by atoms with Gasteiger partial charge in [0.05, 0.1) is 7.11 Å². The molecule has 1 unspecified atom stereocenters. The summed E-state index contributed by atoms with van der Waals surface area (Å²) in [6, 6.07) is 10.0. The fourth-order valence-electron chi connectivity index (χ4n) is 3.48. The molecule has 7 nitrogen and oxygen atoms in total. The molecule has 1 aromatic heterocycles. The van der Waals surface area contributed by atoms with Gasteiger partial charge in [0.25, 0.3) is 0 Å². The molecule has 0 spiro atoms. The molecule has 0 saturated carbocycles. The van der Waals surface area contributed by atoms with Gasteiger partial charge in [-0.15, -0.1) is 0 Å². The van der Waals surface area contributed by atoms with E-state index in [1.807, 2.05) is 29.2 Å². The second-order valence-corrected chi connectivity index (χ2v) is 7.07. The fourth-order valence-corrected chi connectivity index (χ4v) is 3.48. The molecule has 2 aromatic rings. The predicted octanol–water partition coefficient (Wildman–Crippen LogP) is 2.22. The van der Waals surface area contributed by atoms with Crippen molar-refractivity contribution in [2.45, 2.75) is 19.4 Å². The van der Waals surface area contributed by atoms with E-state index >= 15 is 0 Å². The van der Waals surface area contributed by atoms with E-state index in [-0.39, 0.29) is 11.9 Å². The van der Waals surface area contributed by atoms with Crippen molar-refractivity contribution in [1.82, 2.24) is 19.8 Å². The van der Waals surface area contributed by atoms with Gasteiger partial charge in [0.1, 0.15) is 5.75 Å². The van der Waals surface area contributed by atoms with Crippen LogP contribution in [0.4, 0.5) is 5.95 Å². The molecular formula is C21H29N5O2. The number of methoxy groups -OCH3 is 1. The van der Waals surface area contributed by atoms with Crippen LogP contribution in [-0.4, -0.2) is 72.6 Å². The number of piperazine rings is 1. The van der Waals surface area contributed by atoms with Gasteiger partial charge in [0, 0.05) is 63.1 Å². The highest BCUT2D eigenvalue weighted by Crippen LogP contribution is 2.28. The van der Waals surface area contributed by atoms with Crippen molar-refractivity contribution in [3.05, 3.63) is 48.3 Å². The Hall–Kier alpha value is -2.67. The first-order chi connectivity index (χ1) is 13.6. The van der Waals surface area contributed by atoms with Gasteiger partial charge in [0.15, 0.2) is 0 Å². The van der Waals surface area contributed by atoms with Crippen LogP contribution in [0.15, 0.2) is 42.7 Å². The summed E-state index contributed by atoms with van der Waals surface area (Å²) >= 11 is 0. The number of para-hydroxylation sites is 1. The first kappa shape index (κ1) is 20.1. The highest BCUT2D eigenvalue weighted by Gasteiger charge is 2.23. The number of amides is 1. The molecule has 0 radical (unpaired) electrons. The average molecular weight is 383 g/mol. The maximum absolute atomic E-state index is 12.7. The van der Waals surface area contributed by atoms with Gasteiger partial charge in [-0.05, 0) is 26.1 Å². The highest BCUT2D eigenvalue weighted by molar-refractivity contribution is 5.76. The summed E-state index contributed by atoms with van der Waals surface area (Å²) in [4.78, 5) is 27.5. The largest absolute Gasteiger partial charge is 0.496 e. The number of carbonyl (C=O) groups excluding carboxylic acids is 1. The van der Waals surface area contributed by atoms with E-state index in [1.54, 1.807) is 19.5 Å². The summed E-state index contributed by atoms with van der Waals surface area (Å²) in [5.41, 5.74) is 1.14. The molecule has 28 heavy (non-hydrogen) atoms. The Morgan fingerprint density at radius 3 is 2.50 bits per heavy atom. The molecule has 1 saturated heterocycles. The molecule has 0 aliphatic carbocycles. The van der Waals surface area contributed by atoms with Crippen molar-refractivity contribution in [1.29, 1.82) is 0 Å². The number of aromatic nitrogens is 2. The van der Waals surface area contributed by atoms with Crippen LogP contribution in [0.3, 0.4) is 0 Å². The molecule has 1 atom stereocenters. The molecule has 1 aromatic carbocycles. The number of nitrogens with zero attached hydrogens (tertiary/aromatic N) is 5. The maximum Gasteiger partial charge on any atom is 0.225 e. The number of rotatable bonds is 7. The molecule has 0 bridgehead atoms. The van der Waals surface area contributed by atoms with Crippen molar-refractivity contribution in [3.8, 4) is 5.75 Å². The molecule has 3 rings (SSSR count). The summed E-state index contributed by atoms with van der Waals surface area (Å²) in [5, 5.41) is 0. The Morgan fingerprint density at radius 2 is 1.82 bits per heavy atom. The number of anilines is 1. The Balaban J connectivity index is 1.48. The third-order valence-corrected chi connectivity index (χ3v) is 5.40. The second-order valence-electron chi connectivity index (χ2n) is 7.07. The summed E-state index contributed by atoms with van der Waals surface area (Å²) in [7, 11) is 3.74. The Morgan fingerprint density at radius 1 is 1.14 bits per heavy atom. The lowest BCUT2D eigenvalue weighted by molar-refractivity contribution is -0.131. The predicted molar refractivity (Wildman–Crippen MR) is 109 cm³/mol. The molecule has 1 aliphatic rings. The highest BCUT2D eigenvalue weighted by atomic mass is 16.5. The molecule has 2 heterocycles. The standard InChI is InChI=1S/C21H29N5O2/c1-17(18-7-4-5-8-19(18)28-3)24(2)12-9-20(27)25-13-15-26(16-14-25)21-22-10-6-11-23-21/h4-8,10-11,17H,9,12-16H2,1-3H3. The quantitative estimate of drug-likeness (QED) is 0.731. The van der Waals surface area contributed by atoms with Crippen LogP contribution in [0.1, 0.15) is 24.9 Å². The lowest BCUT2D eigenvalue weighted by atomic mass is 10.1. The second kappa shape index (κ2) is 9.50. The number of benzene rings is 1. The van der Waals surface area contributed by atoms with E-state index in [0.717, 1.165) is 30.4 Å². The van der Waals surface area contributed by atoms with E-state index < -0.39 is 0 Å². The van der Waals surface area contributed by atoms with Crippen LogP contribution in [-0.2, 0) is 4.79 Å². The Bertz CT molecular complexity index is 762. The molecule has 1 aliphatic heterocycles. The average Bonchev–Trinajstić information content (AvgIpc) is 2.77. The van der Waals surface area contributed by atoms with E-state index in [2.05, 4.69) is 39.8 Å². The number of ether oxygens (including phenoxy) is 1. The summed E-state index contributed by atoms with van der Waals surface area (Å²) in [5.74, 6) is 1.82. The van der Waals surface area contributed by atoms with Crippen molar-refractivity contribution in [3.63, 3.8) is 0 Å². The first-order valence-corrected chi connectivity index (χ1v) is 9.73. The van der Waals surface area contributed by atoms with Crippen molar-refractivity contribution < 1.29 is 9.53 Å². The number of hydrogen-bond acceptors (Lipinski definition) is 6. The third kappa shape index (κ3) is 4.78. The van der Waals surface area contributed by atoms with E-state index in [4.69, 9.17) is 4.74 Å². The zero-order chi connectivity index (χ0) is 19.9. The van der Waals surface area contributed by atoms with Gasteiger partial charge in [-0.2, -0.15) is 0 Å². The van der Waals surface area contributed by atoms with Crippen LogP contribution in [0.2, 0.25) is 0 Å². The van der Waals surface area contributed by atoms with Crippen molar-refractivity contribution >= 4 is 11.9 Å². The monoisotopic (exact) mass is 383 g/mol. The van der Waals surface area contributed by atoms with Crippen LogP contribution in [0.25, 0.3) is 0 Å². The SMILES string of the molecule is COc1ccccc1C(C)N(C)CCC(=O)N1CCN(c2ncccn2)CC1. The minimum Gasteiger partial charge on any atom is -0.496 e. The first-order valence-electron chi connectivity index (χ1n) is 9.73. The van der Waals surface area contributed by atoms with Gasteiger partial charge < -0.3 is 14.5 Å². The zero-order valence-electron chi connectivity index (χ0n) is 16.9. The van der Waals surface area contributed by atoms with Gasteiger partial charge in [-0.25, -0.2) is 9.97 Å². The fraction of sp³-hybridized carbons (Fsp3) is 0.476. The summed E-state index contributed by atoms with van der Waals surface area (Å²) in [6.45, 7) is 5.80. The normalized spacial score (nSPS) is 15.6. The van der Waals surface area contributed by atoms with Gasteiger partial charge in [-0.3, -0.25) is 9.69 Å². The lowest BCUT2D eigenvalue weighted by Crippen LogP contribution is -2.49. The van der Waals surface area contributed by atoms with Crippen LogP contribution in [0.5, 0.6) is 5.75 Å². The van der Waals surface area contributed by atoms with Gasteiger partial charge >= 0.3 is 0 Å². The maximum atomic E-state index is 12.7. The van der Waals surface area contributed by atoms with Gasteiger partial charge in [0.2, 0.25) is 11.9 Å². The minimum absolute atomic E-state index is 0.177. The number of carbonyl (C=O) groups is 1. The van der Waals surface area contributed by atoms with E-state index in [1.165, 1.54) is 0 Å². The summed E-state index contributed by atoms with van der Waals surface area (Å²) < 4.78 is 5.47. The molecular weight excluding hydrogens is 354 g/mol. The Kier molecular flexibility index (Phi) is 6.81. The van der Waals surface area contributed by atoms with Crippen LogP contribution >= 0.6 is 0 Å². The van der Waals surface area contributed by atoms with E-state index in [9.17, 15) is 4.79 Å². The van der Waals surface area contributed by atoms with Crippen molar-refractivity contribution in [2.24, 2.45) is 0 Å². The Labute approximate surface area is 166 Å². The van der Waals surface area contributed by atoms with Crippen molar-refractivity contribution in [2.75, 3.05) is 51.8 Å². The molecule has 7 heteroatoms. The smallest absolute Gasteiger partial charge is 0.225 e. The zero-order valence-corrected chi connectivity index (χ0v) is 16.9. The lowest BCUT2D eigenvalue weighted by Gasteiger charge is -2.35. The summed E-state index contributed by atoms with van der Waals surface area (Å²) in [6.07, 6.45) is 4.01. The molecule has 150 valence electrons. The van der Waals surface area contributed by atoms with Crippen LogP contribution in [0, 0.1) is 0 Å². The topological polar surface area (TPSA) is 61.8 Å². The molecule has 0 N–H and O–H groups in total. The third-order valence-electron chi connectivity index (χ3n) is 5.40.